The van der Waals surface area contributed by atoms with E-state index in [9.17, 15) is 4.79 Å². The monoisotopic (exact) mass is 365 g/mol. The van der Waals surface area contributed by atoms with Crippen LogP contribution in [0, 0.1) is 0 Å². The van der Waals surface area contributed by atoms with Crippen molar-refractivity contribution in [2.45, 2.75) is 12.8 Å². The van der Waals surface area contributed by atoms with E-state index in [-0.39, 0.29) is 5.91 Å². The SMILES string of the molecule is CN1CCN(c2ccc(NC(=O)c3cc(N4CCCC4)ccn3)cc2)CC1. The van der Waals surface area contributed by atoms with Gasteiger partial charge in [0, 0.05) is 62.5 Å². The Labute approximate surface area is 160 Å². The summed E-state index contributed by atoms with van der Waals surface area (Å²) < 4.78 is 0. The number of nitrogens with one attached hydrogen (secondary N) is 1. The first kappa shape index (κ1) is 17.8. The number of carbonyl (C=O) groups is 1. The van der Waals surface area contributed by atoms with Crippen LogP contribution in [0.15, 0.2) is 42.6 Å². The van der Waals surface area contributed by atoms with E-state index in [1.165, 1.54) is 18.5 Å². The molecule has 0 aliphatic carbocycles. The Morgan fingerprint density at radius 3 is 2.26 bits per heavy atom. The lowest BCUT2D eigenvalue weighted by molar-refractivity contribution is 0.102. The number of benzene rings is 1. The third kappa shape index (κ3) is 4.22. The van der Waals surface area contributed by atoms with Gasteiger partial charge in [0.2, 0.25) is 0 Å². The van der Waals surface area contributed by atoms with Gasteiger partial charge in [-0.2, -0.15) is 0 Å². The lowest BCUT2D eigenvalue weighted by atomic mass is 10.2. The quantitative estimate of drug-likeness (QED) is 0.903. The number of likely N-dealkylation sites (N-methyl/N-ethyl adjacent to an activating group) is 1. The summed E-state index contributed by atoms with van der Waals surface area (Å²) in [4.78, 5) is 23.9. The zero-order chi connectivity index (χ0) is 18.6. The second-order valence-corrected chi connectivity index (χ2v) is 7.38. The lowest BCUT2D eigenvalue weighted by Crippen LogP contribution is -2.44. The Morgan fingerprint density at radius 2 is 1.56 bits per heavy atom. The van der Waals surface area contributed by atoms with Gasteiger partial charge in [0.05, 0.1) is 0 Å². The Hall–Kier alpha value is -2.60. The summed E-state index contributed by atoms with van der Waals surface area (Å²) >= 11 is 0. The topological polar surface area (TPSA) is 51.7 Å². The van der Waals surface area contributed by atoms with Gasteiger partial charge < -0.3 is 20.0 Å². The van der Waals surface area contributed by atoms with Crippen LogP contribution in [0.1, 0.15) is 23.3 Å². The molecule has 2 saturated heterocycles. The highest BCUT2D eigenvalue weighted by atomic mass is 16.1. The van der Waals surface area contributed by atoms with E-state index in [0.717, 1.165) is 50.6 Å². The molecule has 2 fully saturated rings. The predicted molar refractivity (Wildman–Crippen MR) is 110 cm³/mol. The maximum Gasteiger partial charge on any atom is 0.274 e. The summed E-state index contributed by atoms with van der Waals surface area (Å²) in [5.74, 6) is -0.164. The molecule has 2 aliphatic heterocycles. The first-order valence-corrected chi connectivity index (χ1v) is 9.75. The van der Waals surface area contributed by atoms with E-state index in [0.29, 0.717) is 5.69 Å². The molecule has 0 unspecified atom stereocenters. The smallest absolute Gasteiger partial charge is 0.274 e. The van der Waals surface area contributed by atoms with Gasteiger partial charge in [-0.05, 0) is 56.3 Å². The summed E-state index contributed by atoms with van der Waals surface area (Å²) in [6.45, 7) is 6.34. The van der Waals surface area contributed by atoms with Crippen molar-refractivity contribution in [1.82, 2.24) is 9.88 Å². The van der Waals surface area contributed by atoms with Crippen LogP contribution in [0.5, 0.6) is 0 Å². The molecule has 6 nitrogen and oxygen atoms in total. The van der Waals surface area contributed by atoms with E-state index in [2.05, 4.69) is 44.2 Å². The molecule has 142 valence electrons. The molecule has 1 aromatic carbocycles. The second kappa shape index (κ2) is 7.96. The molecule has 4 rings (SSSR count). The number of hydrogen-bond acceptors (Lipinski definition) is 5. The van der Waals surface area contributed by atoms with Crippen LogP contribution >= 0.6 is 0 Å². The third-order valence-corrected chi connectivity index (χ3v) is 5.44. The number of anilines is 3. The molecule has 1 aromatic heterocycles. The molecule has 3 heterocycles. The Balaban J connectivity index is 1.40. The number of piperazine rings is 1. The average molecular weight is 365 g/mol. The van der Waals surface area contributed by atoms with Gasteiger partial charge in [-0.25, -0.2) is 0 Å². The van der Waals surface area contributed by atoms with Crippen LogP contribution in [0.25, 0.3) is 0 Å². The maximum atomic E-state index is 12.6. The van der Waals surface area contributed by atoms with Crippen molar-refractivity contribution in [2.75, 3.05) is 61.4 Å². The first-order valence-electron chi connectivity index (χ1n) is 9.75. The van der Waals surface area contributed by atoms with Gasteiger partial charge in [-0.1, -0.05) is 0 Å². The van der Waals surface area contributed by atoms with Crippen LogP contribution in [0.2, 0.25) is 0 Å². The summed E-state index contributed by atoms with van der Waals surface area (Å²) in [5.41, 5.74) is 3.54. The van der Waals surface area contributed by atoms with Crippen LogP contribution in [-0.2, 0) is 0 Å². The zero-order valence-corrected chi connectivity index (χ0v) is 15.9. The molecule has 1 N–H and O–H groups in total. The fraction of sp³-hybridized carbons (Fsp3) is 0.429. The van der Waals surface area contributed by atoms with E-state index in [4.69, 9.17) is 0 Å². The number of hydrogen-bond donors (Lipinski definition) is 1. The van der Waals surface area contributed by atoms with Crippen molar-refractivity contribution in [3.05, 3.63) is 48.3 Å². The Bertz CT molecular complexity index is 777. The van der Waals surface area contributed by atoms with Gasteiger partial charge in [-0.15, -0.1) is 0 Å². The molecule has 0 spiro atoms. The molecule has 0 radical (unpaired) electrons. The highest BCUT2D eigenvalue weighted by Gasteiger charge is 2.16. The molecule has 0 saturated carbocycles. The maximum absolute atomic E-state index is 12.6. The summed E-state index contributed by atoms with van der Waals surface area (Å²) in [7, 11) is 2.16. The minimum absolute atomic E-state index is 0.164. The van der Waals surface area contributed by atoms with Crippen molar-refractivity contribution in [1.29, 1.82) is 0 Å². The standard InChI is InChI=1S/C21H27N5O/c1-24-12-14-26(15-13-24)18-6-4-17(5-7-18)23-21(27)20-16-19(8-9-22-20)25-10-2-3-11-25/h4-9,16H,2-3,10-15H2,1H3,(H,23,27). The lowest BCUT2D eigenvalue weighted by Gasteiger charge is -2.34. The van der Waals surface area contributed by atoms with Gasteiger partial charge in [-0.3, -0.25) is 9.78 Å². The van der Waals surface area contributed by atoms with Crippen LogP contribution < -0.4 is 15.1 Å². The van der Waals surface area contributed by atoms with Crippen molar-refractivity contribution < 1.29 is 4.79 Å². The van der Waals surface area contributed by atoms with Gasteiger partial charge in [0.15, 0.2) is 0 Å². The largest absolute Gasteiger partial charge is 0.371 e. The minimum Gasteiger partial charge on any atom is -0.371 e. The van der Waals surface area contributed by atoms with Crippen molar-refractivity contribution in [3.63, 3.8) is 0 Å². The molecule has 2 aliphatic rings. The van der Waals surface area contributed by atoms with Crippen molar-refractivity contribution >= 4 is 23.0 Å². The molecule has 27 heavy (non-hydrogen) atoms. The van der Waals surface area contributed by atoms with E-state index in [1.807, 2.05) is 24.3 Å². The minimum atomic E-state index is -0.164. The van der Waals surface area contributed by atoms with Gasteiger partial charge in [0.1, 0.15) is 5.69 Å². The normalized spacial score (nSPS) is 18.0. The summed E-state index contributed by atoms with van der Waals surface area (Å²) in [5, 5.41) is 2.97. The van der Waals surface area contributed by atoms with E-state index >= 15 is 0 Å². The third-order valence-electron chi connectivity index (χ3n) is 5.44. The number of aromatic nitrogens is 1. The second-order valence-electron chi connectivity index (χ2n) is 7.38. The molecular weight excluding hydrogens is 338 g/mol. The fourth-order valence-electron chi connectivity index (χ4n) is 3.73. The number of rotatable bonds is 4. The highest BCUT2D eigenvalue weighted by molar-refractivity contribution is 6.03. The molecule has 6 heteroatoms. The van der Waals surface area contributed by atoms with Crippen LogP contribution in [0.4, 0.5) is 17.1 Å². The zero-order valence-electron chi connectivity index (χ0n) is 15.9. The first-order chi connectivity index (χ1) is 13.2. The summed E-state index contributed by atoms with van der Waals surface area (Å²) in [6, 6.07) is 12.0. The molecular formula is C21H27N5O. The number of pyridine rings is 1. The average Bonchev–Trinajstić information content (AvgIpc) is 3.24. The Kier molecular flexibility index (Phi) is 5.25. The predicted octanol–water partition coefficient (Wildman–Crippen LogP) is 2.69. The molecule has 1 amide bonds. The Morgan fingerprint density at radius 1 is 0.889 bits per heavy atom. The molecule has 0 bridgehead atoms. The molecule has 2 aromatic rings. The number of carbonyl (C=O) groups excluding carboxylic acids is 1. The summed E-state index contributed by atoms with van der Waals surface area (Å²) in [6.07, 6.45) is 4.14. The van der Waals surface area contributed by atoms with Gasteiger partial charge >= 0.3 is 0 Å². The number of amides is 1. The van der Waals surface area contributed by atoms with E-state index < -0.39 is 0 Å². The van der Waals surface area contributed by atoms with Crippen molar-refractivity contribution in [3.8, 4) is 0 Å². The van der Waals surface area contributed by atoms with Crippen molar-refractivity contribution in [2.24, 2.45) is 0 Å². The number of nitrogens with zero attached hydrogens (tertiary/aromatic N) is 4. The van der Waals surface area contributed by atoms with Gasteiger partial charge in [0.25, 0.3) is 5.91 Å². The fourth-order valence-corrected chi connectivity index (χ4v) is 3.73. The van der Waals surface area contributed by atoms with E-state index in [1.54, 1.807) is 6.20 Å². The molecule has 0 atom stereocenters. The van der Waals surface area contributed by atoms with Crippen LogP contribution in [0.3, 0.4) is 0 Å². The highest BCUT2D eigenvalue weighted by Crippen LogP contribution is 2.22. The van der Waals surface area contributed by atoms with Crippen LogP contribution in [-0.4, -0.2) is 62.1 Å².